The van der Waals surface area contributed by atoms with Crippen molar-refractivity contribution in [3.63, 3.8) is 0 Å². The molecule has 7 nitrogen and oxygen atoms in total. The van der Waals surface area contributed by atoms with Crippen LogP contribution in [0.3, 0.4) is 0 Å². The van der Waals surface area contributed by atoms with E-state index in [4.69, 9.17) is 28.5 Å². The Hall–Kier alpha value is -2.08. The van der Waals surface area contributed by atoms with Crippen molar-refractivity contribution in [1.82, 2.24) is 10.2 Å². The maximum absolute atomic E-state index is 12.1. The molecule has 1 aromatic carbocycles. The summed E-state index contributed by atoms with van der Waals surface area (Å²) in [4.78, 5) is 11.6. The van der Waals surface area contributed by atoms with E-state index in [0.29, 0.717) is 5.56 Å². The number of halogens is 2. The highest BCUT2D eigenvalue weighted by Gasteiger charge is 2.16. The Labute approximate surface area is 135 Å². The van der Waals surface area contributed by atoms with Crippen molar-refractivity contribution in [2.75, 3.05) is 4.72 Å². The molecule has 0 aliphatic rings. The fraction of sp³-hybridized carbons (Fsp3) is 0.0833. The summed E-state index contributed by atoms with van der Waals surface area (Å²) >= 11 is 11.3. The number of aromatic nitrogens is 2. The number of anilines is 1. The van der Waals surface area contributed by atoms with Crippen molar-refractivity contribution in [3.05, 3.63) is 55.8 Å². The van der Waals surface area contributed by atoms with Crippen LogP contribution >= 0.6 is 23.2 Å². The molecule has 0 atom stereocenters. The van der Waals surface area contributed by atoms with Gasteiger partial charge in [0, 0.05) is 11.1 Å². The zero-order valence-corrected chi connectivity index (χ0v) is 13.1. The summed E-state index contributed by atoms with van der Waals surface area (Å²) in [6.07, 6.45) is 0. The predicted octanol–water partition coefficient (Wildman–Crippen LogP) is 1.89. The Morgan fingerprint density at radius 3 is 2.64 bits per heavy atom. The Bertz CT molecular complexity index is 919. The van der Waals surface area contributed by atoms with Crippen molar-refractivity contribution in [2.45, 2.75) is 5.75 Å². The van der Waals surface area contributed by atoms with E-state index in [2.05, 4.69) is 14.9 Å². The molecule has 0 spiro atoms. The summed E-state index contributed by atoms with van der Waals surface area (Å²) < 4.78 is 26.2. The van der Waals surface area contributed by atoms with Crippen molar-refractivity contribution in [2.24, 2.45) is 0 Å². The fourth-order valence-electron chi connectivity index (χ4n) is 1.65. The molecule has 0 unspecified atom stereocenters. The Balaban J connectivity index is 2.27. The molecular weight excluding hydrogens is 351 g/mol. The lowest BCUT2D eigenvalue weighted by molar-refractivity contribution is 0.600. The lowest BCUT2D eigenvalue weighted by Crippen LogP contribution is -2.21. The van der Waals surface area contributed by atoms with Gasteiger partial charge >= 0.3 is 0 Å². The number of sulfonamides is 1. The number of benzene rings is 1. The van der Waals surface area contributed by atoms with Crippen LogP contribution in [-0.2, 0) is 15.8 Å². The van der Waals surface area contributed by atoms with E-state index >= 15 is 0 Å². The molecule has 1 aromatic heterocycles. The van der Waals surface area contributed by atoms with Gasteiger partial charge in [-0.15, -0.1) is 0 Å². The third-order valence-electron chi connectivity index (χ3n) is 2.46. The zero-order chi connectivity index (χ0) is 16.3. The van der Waals surface area contributed by atoms with Crippen molar-refractivity contribution in [1.29, 1.82) is 5.26 Å². The van der Waals surface area contributed by atoms with Crippen LogP contribution in [0.5, 0.6) is 0 Å². The quantitative estimate of drug-likeness (QED) is 0.865. The van der Waals surface area contributed by atoms with Gasteiger partial charge < -0.3 is 0 Å². The SMILES string of the molecule is N#Cc1cc(Cl)cc(CS(=O)(=O)Nc2n[nH]c(Cl)cc2=O)c1. The minimum absolute atomic E-state index is 0.0125. The highest BCUT2D eigenvalue weighted by atomic mass is 35.5. The fourth-order valence-corrected chi connectivity index (χ4v) is 3.17. The van der Waals surface area contributed by atoms with E-state index in [-0.39, 0.29) is 15.7 Å². The van der Waals surface area contributed by atoms with Crippen LogP contribution in [0.4, 0.5) is 5.82 Å². The molecule has 1 heterocycles. The van der Waals surface area contributed by atoms with Crippen LogP contribution < -0.4 is 10.2 Å². The van der Waals surface area contributed by atoms with Crippen molar-refractivity contribution in [3.8, 4) is 6.07 Å². The van der Waals surface area contributed by atoms with Crippen molar-refractivity contribution < 1.29 is 8.42 Å². The minimum Gasteiger partial charge on any atom is -0.286 e. The second-order valence-electron chi connectivity index (χ2n) is 4.25. The topological polar surface area (TPSA) is 116 Å². The number of hydrogen-bond acceptors (Lipinski definition) is 5. The highest BCUT2D eigenvalue weighted by molar-refractivity contribution is 7.91. The summed E-state index contributed by atoms with van der Waals surface area (Å²) in [6, 6.07) is 7.10. The molecule has 2 N–H and O–H groups in total. The van der Waals surface area contributed by atoms with Gasteiger partial charge in [0.1, 0.15) is 5.15 Å². The van der Waals surface area contributed by atoms with E-state index < -0.39 is 27.0 Å². The molecular formula is C12H8Cl2N4O3S. The molecule has 0 radical (unpaired) electrons. The Kier molecular flexibility index (Phi) is 4.71. The molecule has 0 saturated carbocycles. The van der Waals surface area contributed by atoms with Gasteiger partial charge in [0.25, 0.3) is 0 Å². The minimum atomic E-state index is -3.91. The smallest absolute Gasteiger partial charge is 0.238 e. The first-order valence-corrected chi connectivity index (χ1v) is 8.15. The van der Waals surface area contributed by atoms with Crippen LogP contribution in [0, 0.1) is 11.3 Å². The van der Waals surface area contributed by atoms with Gasteiger partial charge in [0.2, 0.25) is 21.3 Å². The largest absolute Gasteiger partial charge is 0.286 e. The third kappa shape index (κ3) is 4.21. The predicted molar refractivity (Wildman–Crippen MR) is 82.3 cm³/mol. The van der Waals surface area contributed by atoms with Crippen LogP contribution in [-0.4, -0.2) is 18.6 Å². The lowest BCUT2D eigenvalue weighted by Gasteiger charge is -2.07. The van der Waals surface area contributed by atoms with Gasteiger partial charge in [-0.25, -0.2) is 8.42 Å². The van der Waals surface area contributed by atoms with Crippen molar-refractivity contribution >= 4 is 39.0 Å². The summed E-state index contributed by atoms with van der Waals surface area (Å²) in [5.41, 5.74) is -0.127. The third-order valence-corrected chi connectivity index (χ3v) is 4.09. The highest BCUT2D eigenvalue weighted by Crippen LogP contribution is 2.17. The van der Waals surface area contributed by atoms with Crippen LogP contribution in [0.25, 0.3) is 0 Å². The summed E-state index contributed by atoms with van der Waals surface area (Å²) in [5, 5.41) is 14.9. The van der Waals surface area contributed by atoms with Crippen LogP contribution in [0.1, 0.15) is 11.1 Å². The number of hydrogen-bond donors (Lipinski definition) is 2. The van der Waals surface area contributed by atoms with E-state index in [1.54, 1.807) is 0 Å². The summed E-state index contributed by atoms with van der Waals surface area (Å²) in [6.45, 7) is 0. The molecule has 114 valence electrons. The molecule has 0 saturated heterocycles. The Morgan fingerprint density at radius 1 is 1.27 bits per heavy atom. The molecule has 0 fully saturated rings. The first kappa shape index (κ1) is 16.3. The second kappa shape index (κ2) is 6.36. The van der Waals surface area contributed by atoms with Gasteiger partial charge in [-0.2, -0.15) is 10.4 Å². The van der Waals surface area contributed by atoms with E-state index in [1.165, 1.54) is 18.2 Å². The average Bonchev–Trinajstić information content (AvgIpc) is 2.40. The van der Waals surface area contributed by atoms with E-state index in [1.807, 2.05) is 6.07 Å². The molecule has 0 bridgehead atoms. The lowest BCUT2D eigenvalue weighted by atomic mass is 10.1. The molecule has 2 aromatic rings. The number of nitrogens with one attached hydrogen (secondary N) is 2. The molecule has 0 aliphatic heterocycles. The summed E-state index contributed by atoms with van der Waals surface area (Å²) in [5.74, 6) is -0.863. The van der Waals surface area contributed by atoms with Gasteiger partial charge in [-0.3, -0.25) is 14.6 Å². The number of rotatable bonds is 4. The van der Waals surface area contributed by atoms with Crippen LogP contribution in [0.2, 0.25) is 10.2 Å². The normalized spacial score (nSPS) is 11.0. The standard InChI is InChI=1S/C12H8Cl2N4O3S/c13-9-2-7(5-15)1-8(3-9)6-22(20,21)18-12-10(19)4-11(14)16-17-12/h1-4H,6H2,(H,16,19)(H,17,18). The molecule has 0 aliphatic carbocycles. The number of nitriles is 1. The van der Waals surface area contributed by atoms with Gasteiger partial charge in [0.05, 0.1) is 17.4 Å². The van der Waals surface area contributed by atoms with Gasteiger partial charge in [-0.05, 0) is 23.8 Å². The molecule has 10 heteroatoms. The van der Waals surface area contributed by atoms with E-state index in [9.17, 15) is 13.2 Å². The monoisotopic (exact) mass is 358 g/mol. The molecule has 0 amide bonds. The van der Waals surface area contributed by atoms with Gasteiger partial charge in [-0.1, -0.05) is 23.2 Å². The average molecular weight is 359 g/mol. The van der Waals surface area contributed by atoms with Gasteiger partial charge in [0.15, 0.2) is 0 Å². The van der Waals surface area contributed by atoms with E-state index in [0.717, 1.165) is 6.07 Å². The maximum atomic E-state index is 12.1. The first-order chi connectivity index (χ1) is 10.3. The number of aromatic amines is 1. The Morgan fingerprint density at radius 2 is 2.00 bits per heavy atom. The molecule has 2 rings (SSSR count). The first-order valence-electron chi connectivity index (χ1n) is 5.74. The maximum Gasteiger partial charge on any atom is 0.238 e. The molecule has 22 heavy (non-hydrogen) atoms. The summed E-state index contributed by atoms with van der Waals surface area (Å²) in [7, 11) is -3.91. The number of H-pyrrole nitrogens is 1. The van der Waals surface area contributed by atoms with Crippen LogP contribution in [0.15, 0.2) is 29.1 Å². The second-order valence-corrected chi connectivity index (χ2v) is 6.82. The number of nitrogens with zero attached hydrogens (tertiary/aromatic N) is 2. The zero-order valence-electron chi connectivity index (χ0n) is 10.8.